The van der Waals surface area contributed by atoms with Crippen molar-refractivity contribution >= 4 is 51.2 Å². The number of benzene rings is 7. The second-order valence-electron chi connectivity index (χ2n) is 22.3. The standard InChI is InChI=1S/C67H83N3O2/c1-44(2)40-53-16-24-57(25-17-53)68(58-26-18-54(19-27-58)41-45(3)4)65-50(13)66(69(59-28-20-55(21-29-59)42-46(5)6)61-32-36-63(37-33-61)71-48(9)10)52(15)67(51(65)14)70(60-30-22-56(23-31-60)43-47(7)8)62-34-38-64(39-35-62)72-49(11)12/h16-39,44-49H,40-43H2,1-15H3. The van der Waals surface area contributed by atoms with Crippen molar-refractivity contribution < 1.29 is 9.47 Å². The number of ether oxygens (including phenoxy) is 2. The molecule has 0 bridgehead atoms. The van der Waals surface area contributed by atoms with Crippen LogP contribution in [-0.2, 0) is 25.7 Å². The summed E-state index contributed by atoms with van der Waals surface area (Å²) >= 11 is 0. The fourth-order valence-electron chi connectivity index (χ4n) is 10.3. The van der Waals surface area contributed by atoms with E-state index >= 15 is 0 Å². The van der Waals surface area contributed by atoms with E-state index in [1.165, 1.54) is 33.4 Å². The number of anilines is 9. The van der Waals surface area contributed by atoms with E-state index in [1.54, 1.807) is 0 Å². The van der Waals surface area contributed by atoms with Crippen LogP contribution in [0.15, 0.2) is 146 Å². The molecule has 0 radical (unpaired) electrons. The molecule has 0 saturated heterocycles. The molecular weight excluding hydrogens is 879 g/mol. The molecule has 5 nitrogen and oxygen atoms in total. The quantitative estimate of drug-likeness (QED) is 0.0716. The van der Waals surface area contributed by atoms with Gasteiger partial charge in [-0.05, 0) is 234 Å². The van der Waals surface area contributed by atoms with E-state index in [4.69, 9.17) is 9.47 Å². The highest BCUT2D eigenvalue weighted by molar-refractivity contribution is 5.97. The molecule has 0 unspecified atom stereocenters. The van der Waals surface area contributed by atoms with Crippen molar-refractivity contribution in [2.24, 2.45) is 23.7 Å². The SMILES string of the molecule is Cc1c(N(c2ccc(CC(C)C)cc2)c2ccc(CC(C)C)cc2)c(C)c(N(c2ccc(CC(C)C)cc2)c2ccc(OC(C)C)cc2)c(C)c1N(c1ccc(CC(C)C)cc1)c1ccc(OC(C)C)cc1. The van der Waals surface area contributed by atoms with Gasteiger partial charge >= 0.3 is 0 Å². The predicted molar refractivity (Wildman–Crippen MR) is 310 cm³/mol. The molecule has 7 aromatic carbocycles. The minimum absolute atomic E-state index is 0.0634. The van der Waals surface area contributed by atoms with Crippen molar-refractivity contribution in [3.05, 3.63) is 185 Å². The summed E-state index contributed by atoms with van der Waals surface area (Å²) in [5.74, 6) is 3.91. The van der Waals surface area contributed by atoms with Crippen LogP contribution in [0.1, 0.15) is 122 Å². The molecule has 0 aliphatic rings. The molecular formula is C67H83N3O2. The topological polar surface area (TPSA) is 28.2 Å². The zero-order chi connectivity index (χ0) is 51.8. The molecule has 0 amide bonds. The molecule has 7 aromatic rings. The lowest BCUT2D eigenvalue weighted by atomic mass is 9.93. The Morgan fingerprint density at radius 1 is 0.278 bits per heavy atom. The molecule has 72 heavy (non-hydrogen) atoms. The Kier molecular flexibility index (Phi) is 17.7. The number of rotatable bonds is 21. The number of nitrogens with zero attached hydrogens (tertiary/aromatic N) is 3. The molecule has 7 rings (SSSR count). The van der Waals surface area contributed by atoms with E-state index in [-0.39, 0.29) is 12.2 Å². The van der Waals surface area contributed by atoms with Crippen molar-refractivity contribution in [1.82, 2.24) is 0 Å². The van der Waals surface area contributed by atoms with Gasteiger partial charge < -0.3 is 24.2 Å². The third kappa shape index (κ3) is 13.1. The van der Waals surface area contributed by atoms with Crippen molar-refractivity contribution in [2.45, 2.75) is 142 Å². The summed E-state index contributed by atoms with van der Waals surface area (Å²) in [6.07, 6.45) is 4.22. The highest BCUT2D eigenvalue weighted by Crippen LogP contribution is 2.53. The highest BCUT2D eigenvalue weighted by atomic mass is 16.5. The first kappa shape index (κ1) is 53.3. The Hall–Kier alpha value is -6.46. The van der Waals surface area contributed by atoms with E-state index in [9.17, 15) is 0 Å². The van der Waals surface area contributed by atoms with Crippen molar-refractivity contribution in [1.29, 1.82) is 0 Å². The lowest BCUT2D eigenvalue weighted by Gasteiger charge is -2.38. The smallest absolute Gasteiger partial charge is 0.119 e. The van der Waals surface area contributed by atoms with Crippen LogP contribution >= 0.6 is 0 Å². The Morgan fingerprint density at radius 2 is 0.458 bits per heavy atom. The molecule has 0 N–H and O–H groups in total. The zero-order valence-electron chi connectivity index (χ0n) is 46.3. The van der Waals surface area contributed by atoms with Crippen LogP contribution < -0.4 is 24.2 Å². The predicted octanol–water partition coefficient (Wildman–Crippen LogP) is 19.4. The van der Waals surface area contributed by atoms with Gasteiger partial charge in [-0.15, -0.1) is 0 Å². The van der Waals surface area contributed by atoms with Crippen LogP contribution in [0, 0.1) is 44.4 Å². The average Bonchev–Trinajstić information content (AvgIpc) is 3.32. The molecule has 0 aromatic heterocycles. The van der Waals surface area contributed by atoms with Gasteiger partial charge in [0.2, 0.25) is 0 Å². The summed E-state index contributed by atoms with van der Waals surface area (Å²) in [4.78, 5) is 7.48. The van der Waals surface area contributed by atoms with E-state index in [2.05, 4.69) is 264 Å². The summed E-state index contributed by atoms with van der Waals surface area (Å²) in [5, 5.41) is 0. The summed E-state index contributed by atoms with van der Waals surface area (Å²) < 4.78 is 12.5. The van der Waals surface area contributed by atoms with Crippen LogP contribution in [0.3, 0.4) is 0 Å². The third-order valence-electron chi connectivity index (χ3n) is 13.1. The number of hydrogen-bond acceptors (Lipinski definition) is 5. The molecule has 0 aliphatic heterocycles. The van der Waals surface area contributed by atoms with Crippen molar-refractivity contribution in [3.63, 3.8) is 0 Å². The second-order valence-corrected chi connectivity index (χ2v) is 22.3. The van der Waals surface area contributed by atoms with Crippen LogP contribution in [0.2, 0.25) is 0 Å². The molecule has 5 heteroatoms. The van der Waals surface area contributed by atoms with Gasteiger partial charge in [0.15, 0.2) is 0 Å². The first-order valence-corrected chi connectivity index (χ1v) is 26.8. The largest absolute Gasteiger partial charge is 0.491 e. The van der Waals surface area contributed by atoms with Crippen LogP contribution in [0.4, 0.5) is 51.2 Å². The summed E-state index contributed by atoms with van der Waals surface area (Å²) in [6, 6.07) is 54.5. The Bertz CT molecular complexity index is 2310. The molecule has 0 aliphatic carbocycles. The maximum absolute atomic E-state index is 6.25. The van der Waals surface area contributed by atoms with E-state index < -0.39 is 0 Å². The molecule has 0 fully saturated rings. The monoisotopic (exact) mass is 962 g/mol. The minimum Gasteiger partial charge on any atom is -0.491 e. The van der Waals surface area contributed by atoms with Gasteiger partial charge in [0.05, 0.1) is 29.3 Å². The summed E-state index contributed by atoms with van der Waals surface area (Å²) in [5.41, 5.74) is 18.8. The first-order chi connectivity index (χ1) is 34.4. The maximum Gasteiger partial charge on any atom is 0.119 e. The Labute approximate surface area is 434 Å². The fourth-order valence-corrected chi connectivity index (χ4v) is 10.3. The normalized spacial score (nSPS) is 11.7. The maximum atomic E-state index is 6.25. The minimum atomic E-state index is 0.0634. The van der Waals surface area contributed by atoms with Crippen LogP contribution in [0.5, 0.6) is 11.5 Å². The van der Waals surface area contributed by atoms with Crippen LogP contribution in [-0.4, -0.2) is 12.2 Å². The van der Waals surface area contributed by atoms with Gasteiger partial charge in [-0.1, -0.05) is 104 Å². The third-order valence-corrected chi connectivity index (χ3v) is 13.1. The summed E-state index contributed by atoms with van der Waals surface area (Å²) in [7, 11) is 0. The molecule has 0 saturated carbocycles. The average molecular weight is 962 g/mol. The molecule has 0 heterocycles. The van der Waals surface area contributed by atoms with E-state index in [1.807, 2.05) is 0 Å². The zero-order valence-corrected chi connectivity index (χ0v) is 46.3. The first-order valence-electron chi connectivity index (χ1n) is 26.8. The Morgan fingerprint density at radius 3 is 0.625 bits per heavy atom. The second kappa shape index (κ2) is 23.8. The van der Waals surface area contributed by atoms with Gasteiger partial charge in [-0.2, -0.15) is 0 Å². The van der Waals surface area contributed by atoms with Gasteiger partial charge in [0, 0.05) is 34.1 Å². The summed E-state index contributed by atoms with van der Waals surface area (Å²) in [6.45, 7) is 33.7. The molecule has 0 spiro atoms. The lowest BCUT2D eigenvalue weighted by Crippen LogP contribution is -2.22. The van der Waals surface area contributed by atoms with Gasteiger partial charge in [-0.3, -0.25) is 0 Å². The van der Waals surface area contributed by atoms with Gasteiger partial charge in [-0.25, -0.2) is 0 Å². The lowest BCUT2D eigenvalue weighted by molar-refractivity contribution is 0.242. The molecule has 378 valence electrons. The van der Waals surface area contributed by atoms with Gasteiger partial charge in [0.25, 0.3) is 0 Å². The van der Waals surface area contributed by atoms with E-state index in [0.717, 1.165) is 93.9 Å². The highest BCUT2D eigenvalue weighted by Gasteiger charge is 2.31. The van der Waals surface area contributed by atoms with Crippen molar-refractivity contribution in [2.75, 3.05) is 14.7 Å². The van der Waals surface area contributed by atoms with Crippen molar-refractivity contribution in [3.8, 4) is 11.5 Å². The van der Waals surface area contributed by atoms with Gasteiger partial charge in [0.1, 0.15) is 11.5 Å². The number of hydrogen-bond donors (Lipinski definition) is 0. The fraction of sp³-hybridized carbons (Fsp3) is 0.373. The molecule has 0 atom stereocenters. The van der Waals surface area contributed by atoms with E-state index in [0.29, 0.717) is 23.7 Å². The van der Waals surface area contributed by atoms with Crippen LogP contribution in [0.25, 0.3) is 0 Å². The Balaban J connectivity index is 1.61.